The van der Waals surface area contributed by atoms with E-state index >= 15 is 0 Å². The third-order valence-electron chi connectivity index (χ3n) is 9.27. The topological polar surface area (TPSA) is 121 Å². The molecule has 15 heteroatoms. The van der Waals surface area contributed by atoms with Crippen LogP contribution in [0, 0.1) is 11.3 Å². The van der Waals surface area contributed by atoms with Gasteiger partial charge in [-0.2, -0.15) is 22.4 Å². The fourth-order valence-corrected chi connectivity index (χ4v) is 8.24. The van der Waals surface area contributed by atoms with Crippen molar-refractivity contribution in [2.45, 2.75) is 42.9 Å². The molecule has 0 aliphatic carbocycles. The lowest BCUT2D eigenvalue weighted by molar-refractivity contribution is -0.153. The molecule has 1 unspecified atom stereocenters. The predicted molar refractivity (Wildman–Crippen MR) is 179 cm³/mol. The number of likely N-dealkylation sites (tertiary alicyclic amines) is 1. The van der Waals surface area contributed by atoms with Gasteiger partial charge in [-0.1, -0.05) is 37.3 Å². The Morgan fingerprint density at radius 3 is 2.32 bits per heavy atom. The summed E-state index contributed by atoms with van der Waals surface area (Å²) in [5.74, 6) is -0.591. The van der Waals surface area contributed by atoms with Crippen LogP contribution < -0.4 is 10.4 Å². The minimum absolute atomic E-state index is 0.0627. The number of amides is 1. The lowest BCUT2D eigenvalue weighted by atomic mass is 10.0. The Hall–Kier alpha value is -4.65. The molecule has 4 aromatic rings. The van der Waals surface area contributed by atoms with E-state index in [0.29, 0.717) is 22.6 Å². The molecule has 0 bridgehead atoms. The molecule has 0 radical (unpaired) electrons. The van der Waals surface area contributed by atoms with Crippen LogP contribution >= 0.6 is 0 Å². The highest BCUT2D eigenvalue weighted by atomic mass is 32.2. The van der Waals surface area contributed by atoms with E-state index < -0.39 is 34.5 Å². The zero-order valence-corrected chi connectivity index (χ0v) is 28.2. The third-order valence-corrected chi connectivity index (χ3v) is 11.0. The summed E-state index contributed by atoms with van der Waals surface area (Å²) >= 11 is 0. The fraction of sp³-hybridized carbons (Fsp3) is 0.400. The van der Waals surface area contributed by atoms with Crippen LogP contribution in [0.3, 0.4) is 0 Å². The van der Waals surface area contributed by atoms with E-state index in [9.17, 15) is 36.4 Å². The number of alkyl halides is 3. The van der Waals surface area contributed by atoms with Gasteiger partial charge >= 0.3 is 11.9 Å². The molecule has 3 aromatic carbocycles. The zero-order valence-electron chi connectivity index (χ0n) is 27.4. The van der Waals surface area contributed by atoms with E-state index in [1.807, 2.05) is 6.07 Å². The molecular formula is C35H37F3N6O5S. The van der Waals surface area contributed by atoms with Gasteiger partial charge in [-0.3, -0.25) is 14.3 Å². The Labute approximate surface area is 287 Å². The molecule has 2 aliphatic heterocycles. The quantitative estimate of drug-likeness (QED) is 0.242. The number of benzene rings is 3. The van der Waals surface area contributed by atoms with Crippen molar-refractivity contribution in [3.8, 4) is 11.8 Å². The molecule has 2 atom stereocenters. The van der Waals surface area contributed by atoms with E-state index in [0.717, 1.165) is 74.4 Å². The molecule has 2 saturated heterocycles. The molecule has 1 amide bonds. The van der Waals surface area contributed by atoms with Crippen LogP contribution in [0.2, 0.25) is 0 Å². The van der Waals surface area contributed by atoms with Gasteiger partial charge in [0.1, 0.15) is 11.8 Å². The Morgan fingerprint density at radius 2 is 1.68 bits per heavy atom. The van der Waals surface area contributed by atoms with Crippen molar-refractivity contribution in [1.29, 1.82) is 5.26 Å². The number of fused-ring (bicyclic) bond motifs is 1. The minimum atomic E-state index is -4.66. The van der Waals surface area contributed by atoms with Gasteiger partial charge in [0.25, 0.3) is 15.9 Å². The number of hydrogen-bond acceptors (Lipinski definition) is 8. The largest absolute Gasteiger partial charge is 0.484 e. The van der Waals surface area contributed by atoms with E-state index in [2.05, 4.69) is 16.7 Å². The summed E-state index contributed by atoms with van der Waals surface area (Å²) in [7, 11) is -4.66. The van der Waals surface area contributed by atoms with Crippen molar-refractivity contribution in [3.63, 3.8) is 0 Å². The highest BCUT2D eigenvalue weighted by molar-refractivity contribution is 7.90. The van der Waals surface area contributed by atoms with Crippen LogP contribution in [-0.4, -0.2) is 102 Å². The van der Waals surface area contributed by atoms with Crippen molar-refractivity contribution < 1.29 is 31.1 Å². The summed E-state index contributed by atoms with van der Waals surface area (Å²) in [5, 5.41) is 9.73. The van der Waals surface area contributed by atoms with Gasteiger partial charge in [0, 0.05) is 45.3 Å². The summed E-state index contributed by atoms with van der Waals surface area (Å²) in [6.07, 6.45) is -2.74. The van der Waals surface area contributed by atoms with Crippen LogP contribution in [0.5, 0.6) is 5.75 Å². The first kappa shape index (κ1) is 35.2. The van der Waals surface area contributed by atoms with E-state index in [4.69, 9.17) is 4.74 Å². The molecule has 11 nitrogen and oxygen atoms in total. The van der Waals surface area contributed by atoms with Crippen molar-refractivity contribution >= 4 is 27.0 Å². The normalized spacial score (nSPS) is 18.3. The van der Waals surface area contributed by atoms with Gasteiger partial charge in [-0.05, 0) is 67.4 Å². The van der Waals surface area contributed by atoms with Crippen molar-refractivity contribution in [2.75, 3.05) is 52.4 Å². The van der Waals surface area contributed by atoms with Crippen LogP contribution in [0.25, 0.3) is 11.0 Å². The molecule has 2 fully saturated rings. The van der Waals surface area contributed by atoms with Gasteiger partial charge < -0.3 is 14.5 Å². The highest BCUT2D eigenvalue weighted by Crippen LogP contribution is 2.30. The van der Waals surface area contributed by atoms with Gasteiger partial charge in [-0.15, -0.1) is 0 Å². The molecule has 0 saturated carbocycles. The van der Waals surface area contributed by atoms with Crippen LogP contribution in [0.15, 0.2) is 82.5 Å². The second kappa shape index (κ2) is 14.3. The fourth-order valence-electron chi connectivity index (χ4n) is 6.84. The first-order valence-electron chi connectivity index (χ1n) is 16.4. The summed E-state index contributed by atoms with van der Waals surface area (Å²) in [5.41, 5.74) is -0.425. The smallest absolute Gasteiger partial charge is 0.422 e. The monoisotopic (exact) mass is 710 g/mol. The number of aromatic nitrogens is 2. The Kier molecular flexibility index (Phi) is 10.1. The van der Waals surface area contributed by atoms with E-state index in [-0.39, 0.29) is 39.2 Å². The summed E-state index contributed by atoms with van der Waals surface area (Å²) in [6, 6.07) is 17.8. The van der Waals surface area contributed by atoms with E-state index in [1.54, 1.807) is 35.2 Å². The maximum absolute atomic E-state index is 14.6. The summed E-state index contributed by atoms with van der Waals surface area (Å²) in [4.78, 5) is 35.2. The van der Waals surface area contributed by atoms with Crippen molar-refractivity contribution in [2.24, 2.45) is 0 Å². The standard InChI is InChI=1S/C35H37F3N6O5S/c1-2-15-40-17-19-41(20-18-40)27-14-16-42(23-27)33(45)32(26-6-4-3-5-7-26)43-31-21-25(22-39)8-13-30(31)44(34(43)46)50(47,48)29-11-9-28(10-12-29)49-24-35(36,37)38/h3-13,21,27,32H,2,14-20,23-24H2,1H3/t27-,32?/m0/s1. The average Bonchev–Trinajstić information content (AvgIpc) is 3.71. The maximum Gasteiger partial charge on any atom is 0.422 e. The predicted octanol–water partition coefficient (Wildman–Crippen LogP) is 4.07. The van der Waals surface area contributed by atoms with Gasteiger partial charge in [0.2, 0.25) is 0 Å². The van der Waals surface area contributed by atoms with Crippen molar-refractivity contribution in [1.82, 2.24) is 23.2 Å². The molecule has 6 rings (SSSR count). The van der Waals surface area contributed by atoms with Crippen LogP contribution in [-0.2, 0) is 14.8 Å². The molecule has 1 aromatic heterocycles. The number of piperazine rings is 1. The number of rotatable bonds is 10. The van der Waals surface area contributed by atoms with Gasteiger partial charge in [0.15, 0.2) is 6.61 Å². The number of nitrogens with zero attached hydrogens (tertiary/aromatic N) is 6. The average molecular weight is 711 g/mol. The number of carbonyl (C=O) groups excluding carboxylic acids is 1. The van der Waals surface area contributed by atoms with Gasteiger partial charge in [0.05, 0.1) is 27.6 Å². The molecule has 0 spiro atoms. The minimum Gasteiger partial charge on any atom is -0.484 e. The number of imidazole rings is 1. The first-order chi connectivity index (χ1) is 23.9. The zero-order chi connectivity index (χ0) is 35.6. The number of halogens is 3. The molecule has 3 heterocycles. The lowest BCUT2D eigenvalue weighted by Crippen LogP contribution is -2.51. The molecule has 264 valence electrons. The van der Waals surface area contributed by atoms with Crippen molar-refractivity contribution in [3.05, 3.63) is 94.4 Å². The second-order valence-corrected chi connectivity index (χ2v) is 14.3. The number of hydrogen-bond donors (Lipinski definition) is 0. The van der Waals surface area contributed by atoms with E-state index in [1.165, 1.54) is 18.2 Å². The maximum atomic E-state index is 14.6. The molecule has 50 heavy (non-hydrogen) atoms. The highest BCUT2D eigenvalue weighted by Gasteiger charge is 2.38. The molecule has 0 N–H and O–H groups in total. The third kappa shape index (κ3) is 7.14. The van der Waals surface area contributed by atoms with Crippen LogP contribution in [0.1, 0.15) is 36.9 Å². The second-order valence-electron chi connectivity index (χ2n) is 12.5. The number of carbonyl (C=O) groups is 1. The SMILES string of the molecule is CCCN1CCN([C@H]2CCN(C(=O)C(c3ccccc3)n3c(=O)n(S(=O)(=O)c4ccc(OCC(F)(F)F)cc4)c4ccc(C#N)cc43)C2)CC1. The summed E-state index contributed by atoms with van der Waals surface area (Å²) < 4.78 is 72.6. The lowest BCUT2D eigenvalue weighted by Gasteiger charge is -2.38. The molecular weight excluding hydrogens is 673 g/mol. The number of nitriles is 1. The molecule has 2 aliphatic rings. The van der Waals surface area contributed by atoms with Crippen LogP contribution in [0.4, 0.5) is 13.2 Å². The summed E-state index contributed by atoms with van der Waals surface area (Å²) in [6.45, 7) is 6.27. The Bertz CT molecular complexity index is 2050. The Morgan fingerprint density at radius 1 is 0.980 bits per heavy atom. The van der Waals surface area contributed by atoms with Gasteiger partial charge in [-0.25, -0.2) is 13.2 Å². The number of ether oxygens (including phenoxy) is 1. The Balaban J connectivity index is 1.39. The first-order valence-corrected chi connectivity index (χ1v) is 17.9.